The minimum Gasteiger partial charge on any atom is -0.378 e. The van der Waals surface area contributed by atoms with Gasteiger partial charge in [0.15, 0.2) is 11.0 Å². The standard InChI is InChI=1S/C15H12Cl3N5/c1-23(2)10-5-3-9(4-6-10)8-20-22-15-13(17)12(16)11(7-19)14(18)21-15/h3-6,8H,1-2H3,(H,21,22)/b20-8+. The van der Waals surface area contributed by atoms with Crippen molar-refractivity contribution in [1.82, 2.24) is 4.98 Å². The molecule has 1 aromatic carbocycles. The number of hydrazone groups is 1. The van der Waals surface area contributed by atoms with E-state index in [4.69, 9.17) is 40.1 Å². The zero-order valence-corrected chi connectivity index (χ0v) is 14.6. The summed E-state index contributed by atoms with van der Waals surface area (Å²) in [5.41, 5.74) is 4.69. The van der Waals surface area contributed by atoms with Gasteiger partial charge in [0.2, 0.25) is 0 Å². The number of benzene rings is 1. The van der Waals surface area contributed by atoms with Crippen molar-refractivity contribution in [3.8, 4) is 6.07 Å². The SMILES string of the molecule is CN(C)c1ccc(/C=N/Nc2nc(Cl)c(C#N)c(Cl)c2Cl)cc1. The number of rotatable bonds is 4. The summed E-state index contributed by atoms with van der Waals surface area (Å²) in [5, 5.41) is 13.1. The first kappa shape index (κ1) is 17.4. The van der Waals surface area contributed by atoms with Crippen molar-refractivity contribution in [2.45, 2.75) is 0 Å². The van der Waals surface area contributed by atoms with Crippen LogP contribution < -0.4 is 10.3 Å². The number of anilines is 2. The summed E-state index contributed by atoms with van der Waals surface area (Å²) < 4.78 is 0. The van der Waals surface area contributed by atoms with Crippen LogP contribution in [0.15, 0.2) is 29.4 Å². The van der Waals surface area contributed by atoms with Crippen LogP contribution in [0.3, 0.4) is 0 Å². The number of halogens is 3. The van der Waals surface area contributed by atoms with E-state index in [-0.39, 0.29) is 26.6 Å². The first-order chi connectivity index (χ1) is 10.9. The summed E-state index contributed by atoms with van der Waals surface area (Å²) in [6, 6.07) is 9.65. The monoisotopic (exact) mass is 367 g/mol. The lowest BCUT2D eigenvalue weighted by Crippen LogP contribution is -2.08. The number of aromatic nitrogens is 1. The molecule has 1 heterocycles. The molecule has 1 aromatic heterocycles. The summed E-state index contributed by atoms with van der Waals surface area (Å²) in [6.45, 7) is 0. The summed E-state index contributed by atoms with van der Waals surface area (Å²) in [4.78, 5) is 5.97. The first-order valence-electron chi connectivity index (χ1n) is 6.45. The maximum absolute atomic E-state index is 8.93. The molecule has 2 rings (SSSR count). The zero-order chi connectivity index (χ0) is 17.0. The summed E-state index contributed by atoms with van der Waals surface area (Å²) in [7, 11) is 3.94. The van der Waals surface area contributed by atoms with Crippen LogP contribution in [0.4, 0.5) is 11.5 Å². The Kier molecular flexibility index (Phi) is 5.67. The predicted octanol–water partition coefficient (Wildman–Crippen LogP) is 4.43. The smallest absolute Gasteiger partial charge is 0.168 e. The topological polar surface area (TPSA) is 64.3 Å². The molecule has 0 unspecified atom stereocenters. The molecule has 1 N–H and O–H groups in total. The highest BCUT2D eigenvalue weighted by molar-refractivity contribution is 6.45. The molecular formula is C15H12Cl3N5. The third-order valence-electron chi connectivity index (χ3n) is 2.94. The number of nitriles is 1. The molecule has 23 heavy (non-hydrogen) atoms. The molecule has 0 spiro atoms. The van der Waals surface area contributed by atoms with Crippen LogP contribution >= 0.6 is 34.8 Å². The van der Waals surface area contributed by atoms with Gasteiger partial charge in [-0.3, -0.25) is 5.43 Å². The van der Waals surface area contributed by atoms with Crippen LogP contribution in [0.2, 0.25) is 15.2 Å². The Bertz CT molecular complexity index is 779. The number of hydrogen-bond donors (Lipinski definition) is 1. The van der Waals surface area contributed by atoms with E-state index < -0.39 is 0 Å². The Labute approximate surface area is 149 Å². The molecule has 118 valence electrons. The molecule has 0 atom stereocenters. The molecule has 2 aromatic rings. The van der Waals surface area contributed by atoms with Gasteiger partial charge >= 0.3 is 0 Å². The van der Waals surface area contributed by atoms with Crippen LogP contribution in [0, 0.1) is 11.3 Å². The normalized spacial score (nSPS) is 10.6. The Balaban J connectivity index is 2.16. The van der Waals surface area contributed by atoms with Crippen molar-refractivity contribution in [3.63, 3.8) is 0 Å². The van der Waals surface area contributed by atoms with Gasteiger partial charge < -0.3 is 4.90 Å². The highest BCUT2D eigenvalue weighted by atomic mass is 35.5. The summed E-state index contributed by atoms with van der Waals surface area (Å²) >= 11 is 17.9. The second kappa shape index (κ2) is 7.51. The average molecular weight is 369 g/mol. The molecular weight excluding hydrogens is 357 g/mol. The van der Waals surface area contributed by atoms with Crippen molar-refractivity contribution in [2.24, 2.45) is 5.10 Å². The van der Waals surface area contributed by atoms with E-state index in [2.05, 4.69) is 15.5 Å². The third kappa shape index (κ3) is 4.05. The van der Waals surface area contributed by atoms with Crippen LogP contribution in [0.5, 0.6) is 0 Å². The van der Waals surface area contributed by atoms with E-state index in [1.165, 1.54) is 0 Å². The van der Waals surface area contributed by atoms with Crippen LogP contribution in [0.25, 0.3) is 0 Å². The molecule has 0 saturated heterocycles. The number of hydrogen-bond acceptors (Lipinski definition) is 5. The lowest BCUT2D eigenvalue weighted by atomic mass is 10.2. The van der Waals surface area contributed by atoms with E-state index in [9.17, 15) is 0 Å². The lowest BCUT2D eigenvalue weighted by Gasteiger charge is -2.11. The second-order valence-corrected chi connectivity index (χ2v) is 5.84. The van der Waals surface area contributed by atoms with E-state index in [1.807, 2.05) is 49.3 Å². The molecule has 8 heteroatoms. The van der Waals surface area contributed by atoms with Crippen molar-refractivity contribution in [2.75, 3.05) is 24.4 Å². The van der Waals surface area contributed by atoms with E-state index >= 15 is 0 Å². The van der Waals surface area contributed by atoms with Gasteiger partial charge in [-0.25, -0.2) is 4.98 Å². The van der Waals surface area contributed by atoms with E-state index in [0.29, 0.717) is 0 Å². The zero-order valence-electron chi connectivity index (χ0n) is 12.3. The average Bonchev–Trinajstić information content (AvgIpc) is 2.53. The molecule has 0 aliphatic heterocycles. The highest BCUT2D eigenvalue weighted by Gasteiger charge is 2.15. The number of nitrogens with one attached hydrogen (secondary N) is 1. The Hall–Kier alpha value is -2.00. The van der Waals surface area contributed by atoms with Gasteiger partial charge in [0.05, 0.1) is 11.2 Å². The molecule has 0 saturated carbocycles. The third-order valence-corrected chi connectivity index (χ3v) is 4.06. The predicted molar refractivity (Wildman–Crippen MR) is 96.0 cm³/mol. The van der Waals surface area contributed by atoms with Gasteiger partial charge in [-0.05, 0) is 17.7 Å². The summed E-state index contributed by atoms with van der Waals surface area (Å²) in [6.07, 6.45) is 1.61. The van der Waals surface area contributed by atoms with E-state index in [0.717, 1.165) is 11.3 Å². The number of nitrogens with zero attached hydrogens (tertiary/aromatic N) is 4. The van der Waals surface area contributed by atoms with Crippen molar-refractivity contribution < 1.29 is 0 Å². The van der Waals surface area contributed by atoms with E-state index in [1.54, 1.807) is 6.21 Å². The fraction of sp³-hybridized carbons (Fsp3) is 0.133. The second-order valence-electron chi connectivity index (χ2n) is 4.72. The first-order valence-corrected chi connectivity index (χ1v) is 7.58. The van der Waals surface area contributed by atoms with Crippen molar-refractivity contribution in [1.29, 1.82) is 5.26 Å². The fourth-order valence-electron chi connectivity index (χ4n) is 1.70. The largest absolute Gasteiger partial charge is 0.378 e. The highest BCUT2D eigenvalue weighted by Crippen LogP contribution is 2.34. The molecule has 0 aliphatic carbocycles. The van der Waals surface area contributed by atoms with Gasteiger partial charge in [0.25, 0.3) is 0 Å². The van der Waals surface area contributed by atoms with Gasteiger partial charge in [-0.2, -0.15) is 10.4 Å². The number of pyridine rings is 1. The Morgan fingerprint density at radius 3 is 2.39 bits per heavy atom. The van der Waals surface area contributed by atoms with Crippen molar-refractivity contribution in [3.05, 3.63) is 50.6 Å². The molecule has 0 bridgehead atoms. The minimum absolute atomic E-state index is 0.0325. The van der Waals surface area contributed by atoms with Crippen LogP contribution in [-0.2, 0) is 0 Å². The lowest BCUT2D eigenvalue weighted by molar-refractivity contribution is 1.13. The van der Waals surface area contributed by atoms with Gasteiger partial charge in [0, 0.05) is 19.8 Å². The molecule has 0 radical (unpaired) electrons. The molecule has 0 amide bonds. The minimum atomic E-state index is -0.0325. The van der Waals surface area contributed by atoms with Crippen LogP contribution in [-0.4, -0.2) is 25.3 Å². The quantitative estimate of drug-likeness (QED) is 0.493. The maximum atomic E-state index is 8.93. The van der Waals surface area contributed by atoms with Gasteiger partial charge in [0.1, 0.15) is 16.7 Å². The fourth-order valence-corrected chi connectivity index (χ4v) is 2.37. The molecule has 0 aliphatic rings. The Morgan fingerprint density at radius 2 is 1.83 bits per heavy atom. The van der Waals surface area contributed by atoms with Gasteiger partial charge in [-0.1, -0.05) is 46.9 Å². The maximum Gasteiger partial charge on any atom is 0.168 e. The summed E-state index contributed by atoms with van der Waals surface area (Å²) in [5.74, 6) is 0.182. The Morgan fingerprint density at radius 1 is 1.17 bits per heavy atom. The molecule has 5 nitrogen and oxygen atoms in total. The van der Waals surface area contributed by atoms with Crippen molar-refractivity contribution >= 4 is 52.5 Å². The van der Waals surface area contributed by atoms with Gasteiger partial charge in [-0.15, -0.1) is 0 Å². The van der Waals surface area contributed by atoms with Crippen LogP contribution in [0.1, 0.15) is 11.1 Å². The molecule has 0 fully saturated rings.